The van der Waals surface area contributed by atoms with E-state index in [0.29, 0.717) is 14.7 Å². The van der Waals surface area contributed by atoms with E-state index in [1.54, 1.807) is 0 Å². The topological polar surface area (TPSA) is 29.5 Å². The second-order valence-corrected chi connectivity index (χ2v) is 3.82. The summed E-state index contributed by atoms with van der Waals surface area (Å²) in [5, 5.41) is 9.52. The molecule has 11 heavy (non-hydrogen) atoms. The molecule has 0 aromatic carbocycles. The second kappa shape index (κ2) is 5.08. The molecule has 0 bridgehead atoms. The SMILES string of the molecule is CPOCC1CCCCC1O. The van der Waals surface area contributed by atoms with Gasteiger partial charge >= 0.3 is 0 Å². The van der Waals surface area contributed by atoms with E-state index in [-0.39, 0.29) is 6.10 Å². The Morgan fingerprint density at radius 3 is 2.82 bits per heavy atom. The van der Waals surface area contributed by atoms with Gasteiger partial charge in [-0.2, -0.15) is 0 Å². The molecule has 1 rings (SSSR count). The van der Waals surface area contributed by atoms with Crippen molar-refractivity contribution in [3.05, 3.63) is 0 Å². The number of aliphatic hydroxyl groups excluding tert-OH is 1. The summed E-state index contributed by atoms with van der Waals surface area (Å²) in [5.74, 6) is 0.413. The van der Waals surface area contributed by atoms with Gasteiger partial charge in [0.1, 0.15) is 0 Å². The molecule has 1 fully saturated rings. The summed E-state index contributed by atoms with van der Waals surface area (Å²) in [4.78, 5) is 0. The maximum atomic E-state index is 9.52. The van der Waals surface area contributed by atoms with E-state index in [4.69, 9.17) is 4.52 Å². The number of hydrogen-bond acceptors (Lipinski definition) is 2. The van der Waals surface area contributed by atoms with Crippen LogP contribution in [0.2, 0.25) is 0 Å². The Balaban J connectivity index is 2.18. The van der Waals surface area contributed by atoms with Gasteiger partial charge in [0.15, 0.2) is 0 Å². The van der Waals surface area contributed by atoms with Crippen LogP contribution in [0.1, 0.15) is 25.7 Å². The fourth-order valence-electron chi connectivity index (χ4n) is 1.57. The first-order chi connectivity index (χ1) is 5.34. The molecule has 1 aliphatic carbocycles. The maximum Gasteiger partial charge on any atom is 0.0590 e. The molecule has 0 radical (unpaired) electrons. The third kappa shape index (κ3) is 3.06. The Morgan fingerprint density at radius 2 is 2.18 bits per heavy atom. The highest BCUT2D eigenvalue weighted by Crippen LogP contribution is 2.25. The fraction of sp³-hybridized carbons (Fsp3) is 1.00. The van der Waals surface area contributed by atoms with Crippen molar-refractivity contribution < 1.29 is 9.63 Å². The van der Waals surface area contributed by atoms with Crippen LogP contribution in [0.25, 0.3) is 0 Å². The molecule has 0 heterocycles. The molecule has 0 saturated heterocycles. The third-order valence-electron chi connectivity index (χ3n) is 2.31. The van der Waals surface area contributed by atoms with E-state index in [1.807, 2.05) is 6.66 Å². The van der Waals surface area contributed by atoms with Crippen molar-refractivity contribution in [3.8, 4) is 0 Å². The van der Waals surface area contributed by atoms with Gasteiger partial charge in [-0.15, -0.1) is 0 Å². The summed E-state index contributed by atoms with van der Waals surface area (Å²) in [6.07, 6.45) is 4.47. The lowest BCUT2D eigenvalue weighted by Crippen LogP contribution is -2.27. The molecule has 3 heteroatoms. The van der Waals surface area contributed by atoms with E-state index in [2.05, 4.69) is 0 Å². The lowest BCUT2D eigenvalue weighted by Gasteiger charge is -2.26. The Morgan fingerprint density at radius 1 is 1.45 bits per heavy atom. The van der Waals surface area contributed by atoms with Crippen molar-refractivity contribution in [1.29, 1.82) is 0 Å². The average Bonchev–Trinajstić information content (AvgIpc) is 2.03. The summed E-state index contributed by atoms with van der Waals surface area (Å²) in [7, 11) is 0.561. The summed E-state index contributed by atoms with van der Waals surface area (Å²) < 4.78 is 5.31. The molecule has 1 N–H and O–H groups in total. The normalized spacial score (nSPS) is 33.3. The predicted octanol–water partition coefficient (Wildman–Crippen LogP) is 1.78. The number of hydrogen-bond donors (Lipinski definition) is 1. The van der Waals surface area contributed by atoms with E-state index < -0.39 is 0 Å². The van der Waals surface area contributed by atoms with Crippen molar-refractivity contribution in [1.82, 2.24) is 0 Å². The van der Waals surface area contributed by atoms with E-state index in [1.165, 1.54) is 12.8 Å². The van der Waals surface area contributed by atoms with Gasteiger partial charge < -0.3 is 9.63 Å². The zero-order valence-electron chi connectivity index (χ0n) is 7.05. The minimum Gasteiger partial charge on any atom is -0.393 e. The van der Waals surface area contributed by atoms with E-state index >= 15 is 0 Å². The molecule has 0 spiro atoms. The molecule has 1 aliphatic rings. The van der Waals surface area contributed by atoms with Crippen LogP contribution < -0.4 is 0 Å². The lowest BCUT2D eigenvalue weighted by atomic mass is 9.87. The van der Waals surface area contributed by atoms with Crippen LogP contribution in [0.15, 0.2) is 0 Å². The molecule has 1 saturated carbocycles. The highest BCUT2D eigenvalue weighted by atomic mass is 31.1. The summed E-state index contributed by atoms with van der Waals surface area (Å²) in [6, 6.07) is 0. The van der Waals surface area contributed by atoms with Gasteiger partial charge in [-0.3, -0.25) is 0 Å². The van der Waals surface area contributed by atoms with Gasteiger partial charge in [0.25, 0.3) is 0 Å². The molecule has 2 nitrogen and oxygen atoms in total. The molecule has 0 amide bonds. The quantitative estimate of drug-likeness (QED) is 0.664. The van der Waals surface area contributed by atoms with Crippen LogP contribution >= 0.6 is 8.81 Å². The maximum absolute atomic E-state index is 9.52. The predicted molar refractivity (Wildman–Crippen MR) is 48.2 cm³/mol. The number of rotatable bonds is 3. The van der Waals surface area contributed by atoms with Gasteiger partial charge in [0, 0.05) is 14.7 Å². The summed E-state index contributed by atoms with van der Waals surface area (Å²) in [5.41, 5.74) is 0. The molecule has 66 valence electrons. The van der Waals surface area contributed by atoms with Crippen molar-refractivity contribution in [2.75, 3.05) is 13.3 Å². The van der Waals surface area contributed by atoms with E-state index in [9.17, 15) is 5.11 Å². The van der Waals surface area contributed by atoms with E-state index in [0.717, 1.165) is 19.4 Å². The van der Waals surface area contributed by atoms with Crippen molar-refractivity contribution in [2.45, 2.75) is 31.8 Å². The minimum absolute atomic E-state index is 0.0971. The average molecular weight is 176 g/mol. The molecular weight excluding hydrogens is 159 g/mol. The van der Waals surface area contributed by atoms with Gasteiger partial charge in [-0.1, -0.05) is 12.8 Å². The second-order valence-electron chi connectivity index (χ2n) is 3.13. The van der Waals surface area contributed by atoms with Gasteiger partial charge in [0.05, 0.1) is 12.7 Å². The first-order valence-electron chi connectivity index (χ1n) is 4.31. The van der Waals surface area contributed by atoms with Crippen molar-refractivity contribution >= 4 is 8.81 Å². The van der Waals surface area contributed by atoms with Crippen LogP contribution in [-0.2, 0) is 4.52 Å². The van der Waals surface area contributed by atoms with Crippen LogP contribution in [0.3, 0.4) is 0 Å². The molecule has 0 aromatic rings. The zero-order valence-corrected chi connectivity index (χ0v) is 8.05. The molecule has 3 atom stereocenters. The Hall–Kier alpha value is 0.350. The van der Waals surface area contributed by atoms with Crippen molar-refractivity contribution in [2.24, 2.45) is 5.92 Å². The molecule has 3 unspecified atom stereocenters. The van der Waals surface area contributed by atoms with Crippen LogP contribution in [0.5, 0.6) is 0 Å². The highest BCUT2D eigenvalue weighted by Gasteiger charge is 2.22. The zero-order chi connectivity index (χ0) is 8.10. The third-order valence-corrected chi connectivity index (χ3v) is 2.77. The van der Waals surface area contributed by atoms with Crippen LogP contribution in [-0.4, -0.2) is 24.5 Å². The van der Waals surface area contributed by atoms with Crippen molar-refractivity contribution in [3.63, 3.8) is 0 Å². The summed E-state index contributed by atoms with van der Waals surface area (Å²) >= 11 is 0. The van der Waals surface area contributed by atoms with Gasteiger partial charge in [0.2, 0.25) is 0 Å². The number of aliphatic hydroxyl groups is 1. The first kappa shape index (κ1) is 9.44. The molecular formula is C8H17O2P. The monoisotopic (exact) mass is 176 g/mol. The smallest absolute Gasteiger partial charge is 0.0590 e. The Labute approximate surface area is 70.2 Å². The Bertz CT molecular complexity index is 108. The van der Waals surface area contributed by atoms with Gasteiger partial charge in [-0.25, -0.2) is 0 Å². The Kier molecular flexibility index (Phi) is 4.36. The highest BCUT2D eigenvalue weighted by molar-refractivity contribution is 7.31. The van der Waals surface area contributed by atoms with Crippen LogP contribution in [0.4, 0.5) is 0 Å². The molecule has 0 aliphatic heterocycles. The summed E-state index contributed by atoms with van der Waals surface area (Å²) in [6.45, 7) is 2.78. The lowest BCUT2D eigenvalue weighted by molar-refractivity contribution is 0.0459. The fourth-order valence-corrected chi connectivity index (χ4v) is 1.95. The molecule has 0 aromatic heterocycles. The minimum atomic E-state index is -0.0971. The largest absolute Gasteiger partial charge is 0.393 e. The standard InChI is InChI=1S/C8H17O2P/c1-11-10-6-7-4-2-3-5-8(7)9/h7-9,11H,2-6H2,1H3. The first-order valence-corrected chi connectivity index (χ1v) is 5.72. The van der Waals surface area contributed by atoms with Gasteiger partial charge in [-0.05, 0) is 19.5 Å². The van der Waals surface area contributed by atoms with Crippen LogP contribution in [0, 0.1) is 5.92 Å².